The average Bonchev–Trinajstić information content (AvgIpc) is 2.38. The van der Waals surface area contributed by atoms with Crippen LogP contribution in [0, 0.1) is 10.8 Å². The molecule has 0 fully saturated rings. The van der Waals surface area contributed by atoms with Crippen LogP contribution in [0.2, 0.25) is 0 Å². The van der Waals surface area contributed by atoms with Gasteiger partial charge >= 0.3 is 0 Å². The molecule has 0 spiro atoms. The molecule has 1 aromatic carbocycles. The molecule has 0 saturated heterocycles. The molecule has 22 heavy (non-hydrogen) atoms. The van der Waals surface area contributed by atoms with Crippen molar-refractivity contribution in [1.29, 1.82) is 0 Å². The molecule has 0 aliphatic rings. The van der Waals surface area contributed by atoms with Gasteiger partial charge in [0.05, 0.1) is 0 Å². The molecule has 0 heterocycles. The second-order valence-electron chi connectivity index (χ2n) is 8.79. The second kappa shape index (κ2) is 8.69. The van der Waals surface area contributed by atoms with E-state index in [2.05, 4.69) is 76.4 Å². The van der Waals surface area contributed by atoms with Crippen LogP contribution in [0.15, 0.2) is 24.3 Å². The van der Waals surface area contributed by atoms with Crippen LogP contribution in [0.1, 0.15) is 65.5 Å². The molecule has 1 rings (SSSR count). The van der Waals surface area contributed by atoms with E-state index in [0.29, 0.717) is 10.8 Å². The van der Waals surface area contributed by atoms with E-state index in [9.17, 15) is 0 Å². The summed E-state index contributed by atoms with van der Waals surface area (Å²) in [4.78, 5) is 0. The van der Waals surface area contributed by atoms with Crippen molar-refractivity contribution in [3.8, 4) is 0 Å². The monoisotopic (exact) mass is 304 g/mol. The summed E-state index contributed by atoms with van der Waals surface area (Å²) in [5.74, 6) is 0. The molecular weight excluding hydrogens is 268 g/mol. The van der Waals surface area contributed by atoms with E-state index in [1.807, 2.05) is 0 Å². The van der Waals surface area contributed by atoms with Crippen molar-refractivity contribution in [3.63, 3.8) is 0 Å². The molecule has 126 valence electrons. The Labute approximate surface area is 138 Å². The molecule has 0 amide bonds. The van der Waals surface area contributed by atoms with Gasteiger partial charge in [0.15, 0.2) is 0 Å². The van der Waals surface area contributed by atoms with Gasteiger partial charge in [-0.15, -0.1) is 0 Å². The molecule has 0 aliphatic carbocycles. The minimum absolute atomic E-state index is 0.409. The van der Waals surface area contributed by atoms with E-state index >= 15 is 0 Å². The van der Waals surface area contributed by atoms with Crippen LogP contribution in [0.5, 0.6) is 0 Å². The van der Waals surface area contributed by atoms with Crippen LogP contribution in [-0.4, -0.2) is 13.1 Å². The van der Waals surface area contributed by atoms with Crippen molar-refractivity contribution in [2.75, 3.05) is 13.1 Å². The molecule has 0 saturated carbocycles. The zero-order chi connectivity index (χ0) is 16.6. The lowest BCUT2D eigenvalue weighted by atomic mass is 9.92. The van der Waals surface area contributed by atoms with Crippen molar-refractivity contribution in [1.82, 2.24) is 10.6 Å². The first-order valence-electron chi connectivity index (χ1n) is 8.65. The zero-order valence-electron chi connectivity index (χ0n) is 15.6. The van der Waals surface area contributed by atoms with Crippen LogP contribution in [0.4, 0.5) is 0 Å². The number of rotatable bonds is 8. The largest absolute Gasteiger partial charge is 0.313 e. The van der Waals surface area contributed by atoms with Crippen molar-refractivity contribution in [2.24, 2.45) is 10.8 Å². The molecule has 0 unspecified atom stereocenters. The van der Waals surface area contributed by atoms with Gasteiger partial charge in [-0.25, -0.2) is 0 Å². The predicted molar refractivity (Wildman–Crippen MR) is 98.0 cm³/mol. The van der Waals surface area contributed by atoms with Gasteiger partial charge in [0.25, 0.3) is 0 Å². The lowest BCUT2D eigenvalue weighted by molar-refractivity contribution is 0.366. The number of hydrogen-bond donors (Lipinski definition) is 2. The Morgan fingerprint density at radius 3 is 1.50 bits per heavy atom. The first-order chi connectivity index (χ1) is 10.2. The lowest BCUT2D eigenvalue weighted by Crippen LogP contribution is -2.21. The van der Waals surface area contributed by atoms with E-state index in [4.69, 9.17) is 0 Å². The third kappa shape index (κ3) is 9.97. The van der Waals surface area contributed by atoms with Crippen LogP contribution in [-0.2, 0) is 13.1 Å². The molecule has 0 bridgehead atoms. The fourth-order valence-corrected chi connectivity index (χ4v) is 2.24. The summed E-state index contributed by atoms with van der Waals surface area (Å²) >= 11 is 0. The molecule has 0 atom stereocenters. The Hall–Kier alpha value is -0.860. The average molecular weight is 305 g/mol. The minimum atomic E-state index is 0.409. The Morgan fingerprint density at radius 1 is 0.727 bits per heavy atom. The number of nitrogens with one attached hydrogen (secondary N) is 2. The Morgan fingerprint density at radius 2 is 1.14 bits per heavy atom. The van der Waals surface area contributed by atoms with Crippen LogP contribution >= 0.6 is 0 Å². The normalized spacial score (nSPS) is 12.6. The van der Waals surface area contributed by atoms with Gasteiger partial charge in [-0.3, -0.25) is 0 Å². The Bertz CT molecular complexity index is 387. The third-order valence-electron chi connectivity index (χ3n) is 3.75. The highest BCUT2D eigenvalue weighted by atomic mass is 14.9. The first-order valence-corrected chi connectivity index (χ1v) is 8.65. The molecule has 0 aliphatic heterocycles. The molecular formula is C20H36N2. The SMILES string of the molecule is CC(C)(C)CCNCc1cccc(CNCCC(C)(C)C)c1. The summed E-state index contributed by atoms with van der Waals surface area (Å²) in [6.45, 7) is 17.8. The first kappa shape index (κ1) is 19.2. The maximum atomic E-state index is 3.55. The summed E-state index contributed by atoms with van der Waals surface area (Å²) in [5.41, 5.74) is 3.57. The molecule has 2 N–H and O–H groups in total. The smallest absolute Gasteiger partial charge is 0.0205 e. The summed E-state index contributed by atoms with van der Waals surface area (Å²) in [6, 6.07) is 8.90. The zero-order valence-corrected chi connectivity index (χ0v) is 15.6. The van der Waals surface area contributed by atoms with Crippen molar-refractivity contribution in [2.45, 2.75) is 67.5 Å². The summed E-state index contributed by atoms with van der Waals surface area (Å²) in [7, 11) is 0. The van der Waals surface area contributed by atoms with Gasteiger partial charge in [0.2, 0.25) is 0 Å². The van der Waals surface area contributed by atoms with Crippen molar-refractivity contribution >= 4 is 0 Å². The summed E-state index contributed by atoms with van der Waals surface area (Å²) in [5, 5.41) is 7.10. The maximum Gasteiger partial charge on any atom is 0.0205 e. The van der Waals surface area contributed by atoms with Crippen LogP contribution in [0.25, 0.3) is 0 Å². The van der Waals surface area contributed by atoms with Gasteiger partial charge in [0, 0.05) is 13.1 Å². The second-order valence-corrected chi connectivity index (χ2v) is 8.79. The molecule has 0 aromatic heterocycles. The van der Waals surface area contributed by atoms with E-state index in [1.165, 1.54) is 24.0 Å². The third-order valence-corrected chi connectivity index (χ3v) is 3.75. The predicted octanol–water partition coefficient (Wildman–Crippen LogP) is 4.74. The summed E-state index contributed by atoms with van der Waals surface area (Å²) in [6.07, 6.45) is 2.42. The molecule has 0 radical (unpaired) electrons. The lowest BCUT2D eigenvalue weighted by Gasteiger charge is -2.18. The minimum Gasteiger partial charge on any atom is -0.313 e. The van der Waals surface area contributed by atoms with E-state index in [-0.39, 0.29) is 0 Å². The highest BCUT2D eigenvalue weighted by molar-refractivity contribution is 5.23. The van der Waals surface area contributed by atoms with Crippen molar-refractivity contribution in [3.05, 3.63) is 35.4 Å². The molecule has 1 aromatic rings. The Balaban J connectivity index is 2.30. The van der Waals surface area contributed by atoms with Gasteiger partial charge < -0.3 is 10.6 Å². The van der Waals surface area contributed by atoms with E-state index in [0.717, 1.165) is 26.2 Å². The summed E-state index contributed by atoms with van der Waals surface area (Å²) < 4.78 is 0. The highest BCUT2D eigenvalue weighted by Crippen LogP contribution is 2.18. The number of benzene rings is 1. The van der Waals surface area contributed by atoms with Gasteiger partial charge in [-0.1, -0.05) is 65.8 Å². The fourth-order valence-electron chi connectivity index (χ4n) is 2.24. The van der Waals surface area contributed by atoms with E-state index < -0.39 is 0 Å². The number of hydrogen-bond acceptors (Lipinski definition) is 2. The maximum absolute atomic E-state index is 3.55. The topological polar surface area (TPSA) is 24.1 Å². The van der Waals surface area contributed by atoms with E-state index in [1.54, 1.807) is 0 Å². The van der Waals surface area contributed by atoms with Crippen LogP contribution < -0.4 is 10.6 Å². The molecule has 2 heteroatoms. The quantitative estimate of drug-likeness (QED) is 0.678. The fraction of sp³-hybridized carbons (Fsp3) is 0.700. The standard InChI is InChI=1S/C20H36N2/c1-19(2,3)10-12-21-15-17-8-7-9-18(14-17)16-22-13-11-20(4,5)6/h7-9,14,21-22H,10-13,15-16H2,1-6H3. The highest BCUT2D eigenvalue weighted by Gasteiger charge is 2.09. The van der Waals surface area contributed by atoms with Gasteiger partial charge in [-0.2, -0.15) is 0 Å². The van der Waals surface area contributed by atoms with Crippen molar-refractivity contribution < 1.29 is 0 Å². The Kier molecular flexibility index (Phi) is 7.58. The molecule has 2 nitrogen and oxygen atoms in total. The van der Waals surface area contributed by atoms with Gasteiger partial charge in [-0.05, 0) is 47.9 Å². The van der Waals surface area contributed by atoms with Crippen LogP contribution in [0.3, 0.4) is 0 Å². The van der Waals surface area contributed by atoms with Gasteiger partial charge in [0.1, 0.15) is 0 Å².